The second kappa shape index (κ2) is 8.21. The van der Waals surface area contributed by atoms with Crippen molar-refractivity contribution in [3.05, 3.63) is 24.3 Å². The lowest BCUT2D eigenvalue weighted by molar-refractivity contribution is -0.274. The number of carbonyl (C=O) groups excluding carboxylic acids is 1. The number of hydrogen-bond donors (Lipinski definition) is 2. The van der Waals surface area contributed by atoms with Crippen molar-refractivity contribution in [2.24, 2.45) is 0 Å². The maximum atomic E-state index is 12.3. The molecule has 0 spiro atoms. The molecule has 1 unspecified atom stereocenters. The second-order valence-electron chi connectivity index (χ2n) is 4.52. The van der Waals surface area contributed by atoms with Crippen LogP contribution in [-0.4, -0.2) is 38.1 Å². The van der Waals surface area contributed by atoms with Crippen LogP contribution in [0.3, 0.4) is 0 Å². The molecule has 1 atom stereocenters. The van der Waals surface area contributed by atoms with Gasteiger partial charge in [-0.05, 0) is 12.1 Å². The van der Waals surface area contributed by atoms with E-state index in [2.05, 4.69) is 15.4 Å². The van der Waals surface area contributed by atoms with Gasteiger partial charge in [0.25, 0.3) is 0 Å². The van der Waals surface area contributed by atoms with Crippen LogP contribution >= 0.6 is 12.4 Å². The van der Waals surface area contributed by atoms with Crippen LogP contribution in [0, 0.1) is 0 Å². The molecule has 2 rings (SSSR count). The molecule has 1 saturated heterocycles. The summed E-state index contributed by atoms with van der Waals surface area (Å²) in [5, 5.41) is 5.51. The van der Waals surface area contributed by atoms with Gasteiger partial charge in [-0.1, -0.05) is 12.1 Å². The number of anilines is 1. The van der Waals surface area contributed by atoms with Crippen molar-refractivity contribution in [2.75, 3.05) is 25.1 Å². The Morgan fingerprint density at radius 1 is 1.41 bits per heavy atom. The number of alkyl halides is 3. The third-order valence-corrected chi connectivity index (χ3v) is 2.82. The summed E-state index contributed by atoms with van der Waals surface area (Å²) in [6.07, 6.45) is -4.69. The number of hydrogen-bond acceptors (Lipinski definition) is 4. The van der Waals surface area contributed by atoms with Crippen LogP contribution in [0.1, 0.15) is 6.42 Å². The summed E-state index contributed by atoms with van der Waals surface area (Å²) >= 11 is 0. The van der Waals surface area contributed by atoms with Crippen molar-refractivity contribution in [1.82, 2.24) is 5.32 Å². The first kappa shape index (κ1) is 18.5. The quantitative estimate of drug-likeness (QED) is 0.883. The molecule has 1 aromatic carbocycles. The van der Waals surface area contributed by atoms with Crippen LogP contribution in [0.5, 0.6) is 5.75 Å². The van der Waals surface area contributed by atoms with Crippen LogP contribution < -0.4 is 15.4 Å². The molecule has 1 aliphatic rings. The highest BCUT2D eigenvalue weighted by Gasteiger charge is 2.32. The summed E-state index contributed by atoms with van der Waals surface area (Å²) in [7, 11) is 0. The molecule has 2 N–H and O–H groups in total. The molecular weight excluding hydrogens is 325 g/mol. The van der Waals surface area contributed by atoms with E-state index in [1.54, 1.807) is 0 Å². The molecule has 0 aliphatic carbocycles. The van der Waals surface area contributed by atoms with Gasteiger partial charge in [-0.15, -0.1) is 25.6 Å². The molecule has 0 radical (unpaired) electrons. The Kier molecular flexibility index (Phi) is 6.92. The van der Waals surface area contributed by atoms with Gasteiger partial charge in [0.15, 0.2) is 5.75 Å². The lowest BCUT2D eigenvalue weighted by Crippen LogP contribution is -2.43. The molecule has 124 valence electrons. The zero-order chi connectivity index (χ0) is 15.3. The van der Waals surface area contributed by atoms with Crippen LogP contribution in [-0.2, 0) is 9.53 Å². The van der Waals surface area contributed by atoms with Gasteiger partial charge in [0.2, 0.25) is 5.91 Å². The minimum atomic E-state index is -4.81. The molecular formula is C13H16ClF3N2O3. The van der Waals surface area contributed by atoms with E-state index in [9.17, 15) is 18.0 Å². The fourth-order valence-electron chi connectivity index (χ4n) is 1.96. The van der Waals surface area contributed by atoms with Gasteiger partial charge >= 0.3 is 6.36 Å². The minimum Gasteiger partial charge on any atom is -0.404 e. The predicted molar refractivity (Wildman–Crippen MR) is 76.2 cm³/mol. The van der Waals surface area contributed by atoms with Gasteiger partial charge in [0, 0.05) is 19.0 Å². The Hall–Kier alpha value is -1.51. The van der Waals surface area contributed by atoms with Crippen LogP contribution in [0.15, 0.2) is 24.3 Å². The first-order chi connectivity index (χ1) is 9.94. The Morgan fingerprint density at radius 2 is 2.14 bits per heavy atom. The number of morpholine rings is 1. The zero-order valence-corrected chi connectivity index (χ0v) is 12.3. The molecule has 0 aromatic heterocycles. The van der Waals surface area contributed by atoms with E-state index >= 15 is 0 Å². The van der Waals surface area contributed by atoms with Gasteiger partial charge < -0.3 is 20.1 Å². The van der Waals surface area contributed by atoms with E-state index in [1.165, 1.54) is 18.2 Å². The molecule has 0 bridgehead atoms. The summed E-state index contributed by atoms with van der Waals surface area (Å²) in [6, 6.07) is 5.26. The van der Waals surface area contributed by atoms with Gasteiger partial charge in [-0.2, -0.15) is 0 Å². The van der Waals surface area contributed by atoms with Crippen molar-refractivity contribution < 1.29 is 27.4 Å². The van der Waals surface area contributed by atoms with Crippen molar-refractivity contribution in [3.63, 3.8) is 0 Å². The predicted octanol–water partition coefficient (Wildman–Crippen LogP) is 2.32. The minimum absolute atomic E-state index is 0. The van der Waals surface area contributed by atoms with Gasteiger partial charge in [0.1, 0.15) is 0 Å². The molecule has 1 aliphatic heterocycles. The number of benzene rings is 1. The fourth-order valence-corrected chi connectivity index (χ4v) is 1.96. The molecule has 1 fully saturated rings. The average molecular weight is 341 g/mol. The molecule has 1 amide bonds. The van der Waals surface area contributed by atoms with Crippen molar-refractivity contribution in [2.45, 2.75) is 18.8 Å². The number of ether oxygens (including phenoxy) is 2. The number of halogens is 4. The Balaban J connectivity index is 0.00000242. The first-order valence-electron chi connectivity index (χ1n) is 6.40. The van der Waals surface area contributed by atoms with Gasteiger partial charge in [-0.25, -0.2) is 0 Å². The number of nitrogens with one attached hydrogen (secondary N) is 2. The molecule has 1 heterocycles. The molecule has 22 heavy (non-hydrogen) atoms. The van der Waals surface area contributed by atoms with E-state index in [0.717, 1.165) is 6.07 Å². The number of amides is 1. The third kappa shape index (κ3) is 6.08. The highest BCUT2D eigenvalue weighted by Crippen LogP contribution is 2.29. The van der Waals surface area contributed by atoms with Crippen LogP contribution in [0.25, 0.3) is 0 Å². The second-order valence-corrected chi connectivity index (χ2v) is 4.52. The van der Waals surface area contributed by atoms with Gasteiger partial charge in [-0.3, -0.25) is 4.79 Å². The van der Waals surface area contributed by atoms with E-state index in [1.807, 2.05) is 0 Å². The normalized spacial score (nSPS) is 18.2. The van der Waals surface area contributed by atoms with E-state index < -0.39 is 18.0 Å². The Labute approximate surface area is 131 Å². The molecule has 5 nitrogen and oxygen atoms in total. The molecule has 1 aromatic rings. The molecule has 0 saturated carbocycles. The van der Waals surface area contributed by atoms with Gasteiger partial charge in [0.05, 0.1) is 18.9 Å². The van der Waals surface area contributed by atoms with E-state index in [4.69, 9.17) is 4.74 Å². The zero-order valence-electron chi connectivity index (χ0n) is 11.5. The smallest absolute Gasteiger partial charge is 0.404 e. The maximum Gasteiger partial charge on any atom is 0.573 e. The number of carbonyl (C=O) groups is 1. The van der Waals surface area contributed by atoms with Crippen molar-refractivity contribution in [3.8, 4) is 5.75 Å². The standard InChI is InChI=1S/C13H15F3N2O3.ClH/c14-13(15,16)21-11-4-2-1-3-10(11)18-12(19)7-9-8-20-6-5-17-9;/h1-4,9,17H,5-8H2,(H,18,19);1H. The van der Waals surface area contributed by atoms with E-state index in [-0.39, 0.29) is 30.6 Å². The summed E-state index contributed by atoms with van der Waals surface area (Å²) in [5.74, 6) is -0.845. The summed E-state index contributed by atoms with van der Waals surface area (Å²) in [4.78, 5) is 11.9. The highest BCUT2D eigenvalue weighted by atomic mass is 35.5. The lowest BCUT2D eigenvalue weighted by atomic mass is 10.2. The van der Waals surface area contributed by atoms with Crippen molar-refractivity contribution in [1.29, 1.82) is 0 Å². The van der Waals surface area contributed by atoms with Crippen LogP contribution in [0.4, 0.5) is 18.9 Å². The Morgan fingerprint density at radius 3 is 2.77 bits per heavy atom. The Bertz CT molecular complexity index is 494. The average Bonchev–Trinajstić information content (AvgIpc) is 2.40. The maximum absolute atomic E-state index is 12.3. The highest BCUT2D eigenvalue weighted by molar-refractivity contribution is 5.92. The molecule has 9 heteroatoms. The topological polar surface area (TPSA) is 59.6 Å². The SMILES string of the molecule is Cl.O=C(CC1COCCN1)Nc1ccccc1OC(F)(F)F. The van der Waals surface area contributed by atoms with Crippen molar-refractivity contribution >= 4 is 24.0 Å². The first-order valence-corrected chi connectivity index (χ1v) is 6.40. The number of rotatable bonds is 4. The summed E-state index contributed by atoms with van der Waals surface area (Å²) in [6.45, 7) is 1.63. The number of para-hydroxylation sites is 2. The van der Waals surface area contributed by atoms with E-state index in [0.29, 0.717) is 19.8 Å². The summed E-state index contributed by atoms with van der Waals surface area (Å²) in [5.41, 5.74) is -0.0171. The van der Waals surface area contributed by atoms with Crippen LogP contribution in [0.2, 0.25) is 0 Å². The monoisotopic (exact) mass is 340 g/mol. The third-order valence-electron chi connectivity index (χ3n) is 2.82. The lowest BCUT2D eigenvalue weighted by Gasteiger charge is -2.23. The summed E-state index contributed by atoms with van der Waals surface area (Å²) < 4.78 is 45.9. The largest absolute Gasteiger partial charge is 0.573 e. The fraction of sp³-hybridized carbons (Fsp3) is 0.462.